The third kappa shape index (κ3) is 2.50. The van der Waals surface area contributed by atoms with Crippen molar-refractivity contribution in [2.45, 2.75) is 18.4 Å². The van der Waals surface area contributed by atoms with Crippen LogP contribution in [0.1, 0.15) is 5.56 Å². The summed E-state index contributed by atoms with van der Waals surface area (Å²) >= 11 is 1.50. The molecule has 3 aromatic rings. The molecule has 0 radical (unpaired) electrons. The van der Waals surface area contributed by atoms with Crippen molar-refractivity contribution in [3.8, 4) is 0 Å². The van der Waals surface area contributed by atoms with E-state index in [9.17, 15) is 14.7 Å². The zero-order valence-electron chi connectivity index (χ0n) is 13.6. The number of fused-ring (bicyclic) bond motifs is 2. The van der Waals surface area contributed by atoms with Crippen molar-refractivity contribution in [1.29, 1.82) is 0 Å². The highest BCUT2D eigenvalue weighted by Gasteiger charge is 2.18. The summed E-state index contributed by atoms with van der Waals surface area (Å²) in [7, 11) is 1.73. The third-order valence-corrected chi connectivity index (χ3v) is 4.90. The zero-order chi connectivity index (χ0) is 17.4. The van der Waals surface area contributed by atoms with E-state index in [1.54, 1.807) is 29.8 Å². The van der Waals surface area contributed by atoms with Crippen LogP contribution < -0.4 is 10.7 Å². The predicted octanol–water partition coefficient (Wildman–Crippen LogP) is 2.71. The zero-order valence-corrected chi connectivity index (χ0v) is 14.4. The first-order chi connectivity index (χ1) is 11.5. The average Bonchev–Trinajstić information content (AvgIpc) is 2.57. The van der Waals surface area contributed by atoms with Crippen LogP contribution >= 0.6 is 11.8 Å². The number of aryl methyl sites for hydroxylation is 1. The molecule has 0 amide bonds. The van der Waals surface area contributed by atoms with Gasteiger partial charge in [0.2, 0.25) is 0 Å². The summed E-state index contributed by atoms with van der Waals surface area (Å²) in [4.78, 5) is 29.6. The Kier molecular flexibility index (Phi) is 4.19. The second-order valence-corrected chi connectivity index (χ2v) is 6.26. The number of nitrogens with zero attached hydrogens (tertiary/aromatic N) is 2. The van der Waals surface area contributed by atoms with E-state index in [0.29, 0.717) is 27.8 Å². The van der Waals surface area contributed by atoms with Crippen molar-refractivity contribution in [2.24, 2.45) is 0 Å². The molecule has 0 aliphatic heterocycles. The molecular formula is C17H17N3O3S. The number of pyridine rings is 2. The minimum atomic E-state index is -0.980. The van der Waals surface area contributed by atoms with Crippen LogP contribution in [0.5, 0.6) is 0 Å². The molecule has 6 nitrogen and oxygen atoms in total. The lowest BCUT2D eigenvalue weighted by molar-refractivity contribution is -0.137. The van der Waals surface area contributed by atoms with Crippen LogP contribution in [0, 0.1) is 6.92 Å². The summed E-state index contributed by atoms with van der Waals surface area (Å²) in [6.45, 7) is 1.69. The first kappa shape index (κ1) is 16.3. The largest absolute Gasteiger partial charge is 0.480 e. The third-order valence-electron chi connectivity index (χ3n) is 3.97. The van der Waals surface area contributed by atoms with E-state index in [1.165, 1.54) is 11.8 Å². The molecule has 0 saturated heterocycles. The number of carboxylic acids is 1. The highest BCUT2D eigenvalue weighted by atomic mass is 32.2. The Balaban J connectivity index is 2.60. The molecule has 0 fully saturated rings. The maximum atomic E-state index is 12.9. The molecule has 3 rings (SSSR count). The standard InChI is InChI=1S/C17H17N3O3S/c1-9-4-5-10-14(16(9)24-3)20(8-13(21)22)17-11(15(10)23)6-7-12(18-2)19-17/h4-7H,8H2,1-3H3,(H,18,19)(H,21,22). The molecule has 0 unspecified atom stereocenters. The van der Waals surface area contributed by atoms with Gasteiger partial charge in [0.05, 0.1) is 10.9 Å². The Morgan fingerprint density at radius 1 is 1.29 bits per heavy atom. The molecular weight excluding hydrogens is 326 g/mol. The summed E-state index contributed by atoms with van der Waals surface area (Å²) in [6.07, 6.45) is 1.92. The number of thioether (sulfide) groups is 1. The van der Waals surface area contributed by atoms with Crippen molar-refractivity contribution >= 4 is 45.5 Å². The Labute approximate surface area is 142 Å². The lowest BCUT2D eigenvalue weighted by Crippen LogP contribution is -2.18. The van der Waals surface area contributed by atoms with E-state index in [0.717, 1.165) is 10.5 Å². The summed E-state index contributed by atoms with van der Waals surface area (Å²) in [6, 6.07) is 7.05. The highest BCUT2D eigenvalue weighted by molar-refractivity contribution is 7.98. The van der Waals surface area contributed by atoms with Crippen molar-refractivity contribution in [3.05, 3.63) is 40.1 Å². The number of nitrogens with one attached hydrogen (secondary N) is 1. The van der Waals surface area contributed by atoms with Gasteiger partial charge in [-0.15, -0.1) is 11.8 Å². The van der Waals surface area contributed by atoms with Crippen LogP contribution in [-0.4, -0.2) is 33.9 Å². The summed E-state index contributed by atoms with van der Waals surface area (Å²) in [5.41, 5.74) is 1.87. The molecule has 7 heteroatoms. The molecule has 2 N–H and O–H groups in total. The molecule has 124 valence electrons. The van der Waals surface area contributed by atoms with Gasteiger partial charge in [0, 0.05) is 17.3 Å². The number of carboxylic acid groups (broad SMARTS) is 1. The van der Waals surface area contributed by atoms with Gasteiger partial charge < -0.3 is 15.0 Å². The van der Waals surface area contributed by atoms with E-state index < -0.39 is 5.97 Å². The maximum absolute atomic E-state index is 12.9. The number of carbonyl (C=O) groups is 1. The van der Waals surface area contributed by atoms with Crippen LogP contribution in [0.25, 0.3) is 21.9 Å². The van der Waals surface area contributed by atoms with Gasteiger partial charge in [0.1, 0.15) is 18.0 Å². The minimum Gasteiger partial charge on any atom is -0.480 e. The minimum absolute atomic E-state index is 0.132. The van der Waals surface area contributed by atoms with E-state index in [4.69, 9.17) is 0 Å². The number of rotatable bonds is 4. The number of benzene rings is 1. The smallest absolute Gasteiger partial charge is 0.323 e. The average molecular weight is 343 g/mol. The van der Waals surface area contributed by atoms with Crippen LogP contribution in [-0.2, 0) is 11.3 Å². The summed E-state index contributed by atoms with van der Waals surface area (Å²) < 4.78 is 1.62. The molecule has 0 saturated carbocycles. The fourth-order valence-electron chi connectivity index (χ4n) is 2.89. The molecule has 0 aliphatic carbocycles. The van der Waals surface area contributed by atoms with E-state index in [-0.39, 0.29) is 12.0 Å². The van der Waals surface area contributed by atoms with Gasteiger partial charge in [0.15, 0.2) is 5.43 Å². The Morgan fingerprint density at radius 2 is 2.00 bits per heavy atom. The molecule has 2 heterocycles. The van der Waals surface area contributed by atoms with Gasteiger partial charge in [-0.2, -0.15) is 0 Å². The SMILES string of the molecule is CNc1ccc2c(=O)c3ccc(C)c(SC)c3n(CC(=O)O)c2n1. The summed E-state index contributed by atoms with van der Waals surface area (Å²) in [5.74, 6) is -0.398. The predicted molar refractivity (Wildman–Crippen MR) is 97.2 cm³/mol. The fraction of sp³-hybridized carbons (Fsp3) is 0.235. The lowest BCUT2D eigenvalue weighted by atomic mass is 10.1. The molecule has 0 bridgehead atoms. The van der Waals surface area contributed by atoms with Gasteiger partial charge in [-0.25, -0.2) is 4.98 Å². The Morgan fingerprint density at radius 3 is 2.62 bits per heavy atom. The number of aliphatic carboxylic acids is 1. The number of aromatic nitrogens is 2. The van der Waals surface area contributed by atoms with Crippen molar-refractivity contribution in [2.75, 3.05) is 18.6 Å². The normalized spacial score (nSPS) is 11.1. The molecule has 0 atom stereocenters. The van der Waals surface area contributed by atoms with Crippen molar-refractivity contribution < 1.29 is 9.90 Å². The number of hydrogen-bond donors (Lipinski definition) is 2. The quantitative estimate of drug-likeness (QED) is 0.560. The molecule has 2 aromatic heterocycles. The summed E-state index contributed by atoms with van der Waals surface area (Å²) in [5, 5.41) is 13.2. The van der Waals surface area contributed by atoms with Crippen LogP contribution in [0.15, 0.2) is 34.0 Å². The van der Waals surface area contributed by atoms with Crippen LogP contribution in [0.4, 0.5) is 5.82 Å². The number of anilines is 1. The van der Waals surface area contributed by atoms with Crippen LogP contribution in [0.2, 0.25) is 0 Å². The van der Waals surface area contributed by atoms with Gasteiger partial charge in [-0.05, 0) is 36.9 Å². The van der Waals surface area contributed by atoms with Gasteiger partial charge in [0.25, 0.3) is 0 Å². The molecule has 1 aromatic carbocycles. The number of hydrogen-bond acceptors (Lipinski definition) is 5. The second-order valence-electron chi connectivity index (χ2n) is 5.44. The molecule has 24 heavy (non-hydrogen) atoms. The molecule has 0 aliphatic rings. The van der Waals surface area contributed by atoms with Crippen molar-refractivity contribution in [1.82, 2.24) is 9.55 Å². The van der Waals surface area contributed by atoms with E-state index in [1.807, 2.05) is 19.2 Å². The second kappa shape index (κ2) is 6.16. The Bertz CT molecular complexity index is 1030. The van der Waals surface area contributed by atoms with Crippen LogP contribution in [0.3, 0.4) is 0 Å². The van der Waals surface area contributed by atoms with Gasteiger partial charge in [-0.3, -0.25) is 9.59 Å². The van der Waals surface area contributed by atoms with Gasteiger partial charge >= 0.3 is 5.97 Å². The fourth-order valence-corrected chi connectivity index (χ4v) is 3.70. The van der Waals surface area contributed by atoms with E-state index in [2.05, 4.69) is 10.3 Å². The first-order valence-electron chi connectivity index (χ1n) is 7.38. The van der Waals surface area contributed by atoms with E-state index >= 15 is 0 Å². The maximum Gasteiger partial charge on any atom is 0.323 e. The van der Waals surface area contributed by atoms with Crippen molar-refractivity contribution in [3.63, 3.8) is 0 Å². The van der Waals surface area contributed by atoms with Gasteiger partial charge in [-0.1, -0.05) is 6.07 Å². The Hall–Kier alpha value is -2.54. The highest BCUT2D eigenvalue weighted by Crippen LogP contribution is 2.30. The topological polar surface area (TPSA) is 84.2 Å². The molecule has 0 spiro atoms. The first-order valence-corrected chi connectivity index (χ1v) is 8.60. The lowest BCUT2D eigenvalue weighted by Gasteiger charge is -2.17. The monoisotopic (exact) mass is 343 g/mol.